The van der Waals surface area contributed by atoms with Crippen molar-refractivity contribution in [2.75, 3.05) is 39.6 Å². The molecule has 0 N–H and O–H groups in total. The topological polar surface area (TPSA) is 125 Å². The Kier molecular flexibility index (Phi) is 109. The molecule has 0 bridgehead atoms. The average molecular weight is 1430 g/mol. The monoisotopic (exact) mass is 1430 g/mol. The van der Waals surface area contributed by atoms with Crippen LogP contribution >= 0.6 is 25.8 Å². The van der Waals surface area contributed by atoms with E-state index in [1.54, 1.807) is 0 Å². The summed E-state index contributed by atoms with van der Waals surface area (Å²) in [6, 6.07) is 0. The van der Waals surface area contributed by atoms with Crippen molar-refractivity contribution in [1.82, 2.24) is 0 Å². The minimum Gasteiger partial charge on any atom is -0.786 e. The van der Waals surface area contributed by atoms with Crippen molar-refractivity contribution in [1.29, 1.82) is 0 Å². The molecule has 0 amide bonds. The third kappa shape index (κ3) is 107. The number of hydrogen-bond acceptors (Lipinski definition) is 9. The van der Waals surface area contributed by atoms with Gasteiger partial charge in [0.05, 0.1) is 65.4 Å². The second-order valence-corrected chi connectivity index (χ2v) is 30.9. The molecule has 0 fully saturated rings. The van der Waals surface area contributed by atoms with Gasteiger partial charge in [0.1, 0.15) is 0 Å². The van der Waals surface area contributed by atoms with Gasteiger partial charge in [0, 0.05) is 0 Å². The van der Waals surface area contributed by atoms with E-state index in [2.05, 4.69) is 68.6 Å². The Labute approximate surface area is 606 Å². The van der Waals surface area contributed by atoms with Crippen LogP contribution in [0.2, 0.25) is 4.73 Å². The zero-order valence-electron chi connectivity index (χ0n) is 64.4. The number of hydrogen-bond donors (Lipinski definition) is 0. The van der Waals surface area contributed by atoms with E-state index in [1.165, 1.54) is 385 Å². The summed E-state index contributed by atoms with van der Waals surface area (Å²) in [5, 5.41) is 0. The van der Waals surface area contributed by atoms with E-state index in [4.69, 9.17) is 27.1 Å². The molecule has 94 heavy (non-hydrogen) atoms. The molecular formula is C81H167O9P3Ti. The molecule has 0 atom stereocenters. The van der Waals surface area contributed by atoms with Crippen molar-refractivity contribution >= 4 is 25.8 Å². The Hall–Kier alpha value is 1.38. The first-order valence-corrected chi connectivity index (χ1v) is 46.2. The van der Waals surface area contributed by atoms with Gasteiger partial charge in [-0.25, -0.2) is 0 Å². The van der Waals surface area contributed by atoms with E-state index in [-0.39, 0.29) is 0 Å². The molecule has 0 aliphatic carbocycles. The standard InChI is InChI=1S/3C26H54O3P.C3H5.Ti/c3*1-3-5-7-9-11-13-15-17-19-21-23-25-28-30(27)29-26-24-22-20-18-16-14-12-10-8-6-4-2;1-3-2;/h3*3-26H2,1-2H3;3H,1-2H2;/q3*-1;;+3. The summed E-state index contributed by atoms with van der Waals surface area (Å²) in [7, 11) is -5.72. The summed E-state index contributed by atoms with van der Waals surface area (Å²) >= 11 is 2.06. The Morgan fingerprint density at radius 1 is 0.202 bits per heavy atom. The van der Waals surface area contributed by atoms with Gasteiger partial charge < -0.3 is 41.8 Å². The minimum absolute atomic E-state index is 0.574. The fourth-order valence-corrected chi connectivity index (χ4v) is 13.4. The Morgan fingerprint density at radius 3 is 0.372 bits per heavy atom. The van der Waals surface area contributed by atoms with Crippen molar-refractivity contribution in [3.05, 3.63) is 12.7 Å². The van der Waals surface area contributed by atoms with Crippen LogP contribution in [0.4, 0.5) is 0 Å². The second-order valence-electron chi connectivity index (χ2n) is 27.4. The molecule has 0 rings (SSSR count). The van der Waals surface area contributed by atoms with Crippen molar-refractivity contribution in [2.24, 2.45) is 0 Å². The summed E-state index contributed by atoms with van der Waals surface area (Å²) in [5.74, 6) is 0. The zero-order valence-corrected chi connectivity index (χ0v) is 68.7. The zero-order chi connectivity index (χ0) is 69.3. The molecule has 0 aromatic rings. The SMILES string of the molecule is C=C[CH2][Ti+3].CCCCCCCCCCCCCOP([O-])OCCCCCCCCCCCCC.CCCCCCCCCCCCCOP([O-])OCCCCCCCCCCCCC.CCCCCCCCCCCCCOP([O-])OCCCCCCCCCCCCC. The van der Waals surface area contributed by atoms with Gasteiger partial charge in [-0.3, -0.25) is 0 Å². The molecule has 0 spiro atoms. The van der Waals surface area contributed by atoms with Gasteiger partial charge in [0.15, 0.2) is 0 Å². The molecule has 13 heteroatoms. The van der Waals surface area contributed by atoms with Crippen molar-refractivity contribution in [2.45, 2.75) is 470 Å². The molecule has 0 saturated heterocycles. The second kappa shape index (κ2) is 101. The van der Waals surface area contributed by atoms with Gasteiger partial charge in [-0.2, -0.15) is 0 Å². The molecule has 0 heterocycles. The molecule has 9 nitrogen and oxygen atoms in total. The summed E-state index contributed by atoms with van der Waals surface area (Å²) in [6.45, 7) is 20.5. The van der Waals surface area contributed by atoms with Gasteiger partial charge in [-0.1, -0.05) is 427 Å². The van der Waals surface area contributed by atoms with Crippen LogP contribution in [0.25, 0.3) is 0 Å². The van der Waals surface area contributed by atoms with Crippen LogP contribution in [-0.2, 0) is 47.6 Å². The van der Waals surface area contributed by atoms with E-state index >= 15 is 0 Å². The van der Waals surface area contributed by atoms with E-state index in [0.29, 0.717) is 39.6 Å². The normalized spacial score (nSPS) is 11.4. The molecule has 0 unspecified atom stereocenters. The fraction of sp³-hybridized carbons (Fsp3) is 0.975. The molecular weight excluding hydrogens is 1260 g/mol. The maximum Gasteiger partial charge on any atom is 0.0828 e. The first-order valence-electron chi connectivity index (χ1n) is 41.8. The van der Waals surface area contributed by atoms with Gasteiger partial charge >= 0.3 is 37.8 Å². The van der Waals surface area contributed by atoms with Crippen LogP contribution in [0.15, 0.2) is 12.7 Å². The van der Waals surface area contributed by atoms with Gasteiger partial charge in [-0.05, 0) is 38.5 Å². The average Bonchev–Trinajstić information content (AvgIpc) is 3.68. The Bertz CT molecular complexity index is 1030. The molecule has 0 saturated carbocycles. The summed E-state index contributed by atoms with van der Waals surface area (Å²) in [5.41, 5.74) is 0. The van der Waals surface area contributed by atoms with E-state index in [9.17, 15) is 14.7 Å². The van der Waals surface area contributed by atoms with Crippen LogP contribution in [-0.4, -0.2) is 39.6 Å². The van der Waals surface area contributed by atoms with E-state index in [1.807, 2.05) is 6.08 Å². The van der Waals surface area contributed by atoms with Crippen molar-refractivity contribution in [3.8, 4) is 0 Å². The predicted molar refractivity (Wildman–Crippen MR) is 410 cm³/mol. The first-order chi connectivity index (χ1) is 46.3. The summed E-state index contributed by atoms with van der Waals surface area (Å²) in [6.07, 6.45) is 88.8. The Morgan fingerprint density at radius 2 is 0.287 bits per heavy atom. The van der Waals surface area contributed by atoms with Crippen molar-refractivity contribution in [3.63, 3.8) is 0 Å². The minimum atomic E-state index is -1.91. The van der Waals surface area contributed by atoms with E-state index in [0.717, 1.165) is 43.3 Å². The maximum absolute atomic E-state index is 11.7. The van der Waals surface area contributed by atoms with Crippen LogP contribution in [0.3, 0.4) is 0 Å². The van der Waals surface area contributed by atoms with Crippen LogP contribution < -0.4 is 14.7 Å². The van der Waals surface area contributed by atoms with Crippen LogP contribution in [0.5, 0.6) is 0 Å². The molecule has 0 aliphatic heterocycles. The molecule has 0 aliphatic rings. The maximum atomic E-state index is 11.7. The first kappa shape index (κ1) is 102. The van der Waals surface area contributed by atoms with Gasteiger partial charge in [0.2, 0.25) is 0 Å². The molecule has 0 aromatic carbocycles. The third-order valence-corrected chi connectivity index (χ3v) is 20.6. The van der Waals surface area contributed by atoms with Gasteiger partial charge in [0.25, 0.3) is 0 Å². The molecule has 0 aromatic heterocycles. The van der Waals surface area contributed by atoms with Crippen LogP contribution in [0.1, 0.15) is 465 Å². The smallest absolute Gasteiger partial charge is 0.0828 e. The number of unbranched alkanes of at least 4 members (excludes halogenated alkanes) is 60. The van der Waals surface area contributed by atoms with Crippen molar-refractivity contribution < 1.29 is 62.3 Å². The van der Waals surface area contributed by atoms with Crippen LogP contribution in [0, 0.1) is 0 Å². The third-order valence-electron chi connectivity index (χ3n) is 17.8. The summed E-state index contributed by atoms with van der Waals surface area (Å²) in [4.78, 5) is 35.1. The number of rotatable bonds is 79. The largest absolute Gasteiger partial charge is 0.786 e. The molecule has 0 radical (unpaired) electrons. The predicted octanol–water partition coefficient (Wildman–Crippen LogP) is 28.8. The quantitative estimate of drug-likeness (QED) is 0.0253. The fourth-order valence-electron chi connectivity index (χ4n) is 11.5. The molecule has 564 valence electrons. The van der Waals surface area contributed by atoms with Gasteiger partial charge in [-0.15, -0.1) is 0 Å². The number of allylic oxidation sites excluding steroid dienone is 1. The summed E-state index contributed by atoms with van der Waals surface area (Å²) < 4.78 is 33.0. The van der Waals surface area contributed by atoms with E-state index < -0.39 is 25.8 Å². The Balaban J connectivity index is -0.000000627.